The van der Waals surface area contributed by atoms with Crippen LogP contribution in [0.2, 0.25) is 0 Å². The predicted octanol–water partition coefficient (Wildman–Crippen LogP) is 2.83. The van der Waals surface area contributed by atoms with Crippen molar-refractivity contribution < 1.29 is 9.15 Å². The van der Waals surface area contributed by atoms with Crippen molar-refractivity contribution in [3.05, 3.63) is 35.9 Å². The van der Waals surface area contributed by atoms with Gasteiger partial charge in [0, 0.05) is 38.3 Å². The molecule has 0 unspecified atom stereocenters. The number of methoxy groups -OCH3 is 1. The van der Waals surface area contributed by atoms with Crippen LogP contribution in [0.1, 0.15) is 24.9 Å². The van der Waals surface area contributed by atoms with Gasteiger partial charge in [-0.15, -0.1) is 0 Å². The van der Waals surface area contributed by atoms with E-state index in [1.165, 1.54) is 5.69 Å². The van der Waals surface area contributed by atoms with Crippen LogP contribution in [0.15, 0.2) is 28.7 Å². The summed E-state index contributed by atoms with van der Waals surface area (Å²) in [4.78, 5) is 8.73. The second-order valence-corrected chi connectivity index (χ2v) is 5.80. The van der Waals surface area contributed by atoms with Gasteiger partial charge in [0.2, 0.25) is 11.6 Å². The van der Waals surface area contributed by atoms with Crippen LogP contribution in [0, 0.1) is 11.3 Å². The number of benzene rings is 1. The molecule has 0 amide bonds. The monoisotopic (exact) mass is 326 g/mol. The number of nitriles is 1. The highest BCUT2D eigenvalue weighted by Gasteiger charge is 2.24. The van der Waals surface area contributed by atoms with Gasteiger partial charge in [-0.3, -0.25) is 0 Å². The molecule has 1 aromatic heterocycles. The molecule has 1 aromatic carbocycles. The van der Waals surface area contributed by atoms with E-state index >= 15 is 0 Å². The first kappa shape index (κ1) is 16.2. The van der Waals surface area contributed by atoms with Crippen molar-refractivity contribution in [3.8, 4) is 11.8 Å². The van der Waals surface area contributed by atoms with E-state index < -0.39 is 0 Å². The number of hydrogen-bond donors (Lipinski definition) is 0. The lowest BCUT2D eigenvalue weighted by atomic mass is 10.2. The summed E-state index contributed by atoms with van der Waals surface area (Å²) in [5, 5.41) is 9.29. The molecule has 1 aliphatic rings. The van der Waals surface area contributed by atoms with Gasteiger partial charge in [-0.25, -0.2) is 4.98 Å². The smallest absolute Gasteiger partial charge is 0.234 e. The maximum Gasteiger partial charge on any atom is 0.234 e. The minimum absolute atomic E-state index is 0.399. The number of oxazole rings is 1. The average Bonchev–Trinajstić information content (AvgIpc) is 3.05. The predicted molar refractivity (Wildman–Crippen MR) is 92.6 cm³/mol. The van der Waals surface area contributed by atoms with Crippen molar-refractivity contribution in [3.63, 3.8) is 0 Å². The summed E-state index contributed by atoms with van der Waals surface area (Å²) in [5.74, 6) is 2.14. The molecule has 2 aromatic rings. The lowest BCUT2D eigenvalue weighted by Gasteiger charge is -2.35. The fourth-order valence-electron chi connectivity index (χ4n) is 2.92. The first-order valence-electron chi connectivity index (χ1n) is 8.29. The van der Waals surface area contributed by atoms with Crippen molar-refractivity contribution in [1.29, 1.82) is 5.26 Å². The molecule has 0 aliphatic carbocycles. The van der Waals surface area contributed by atoms with Gasteiger partial charge in [0.05, 0.1) is 7.11 Å². The third kappa shape index (κ3) is 3.30. The zero-order chi connectivity index (χ0) is 16.9. The Morgan fingerprint density at radius 2 is 1.83 bits per heavy atom. The number of ether oxygens (including phenoxy) is 1. The SMILES string of the molecule is CCCc1nc(C#N)c(N2CCN(c3ccc(OC)cc3)CC2)o1. The van der Waals surface area contributed by atoms with E-state index in [2.05, 4.69) is 39.9 Å². The van der Waals surface area contributed by atoms with Gasteiger partial charge in [-0.05, 0) is 30.7 Å². The van der Waals surface area contributed by atoms with Crippen LogP contribution in [0.4, 0.5) is 11.6 Å². The fourth-order valence-corrected chi connectivity index (χ4v) is 2.92. The molecule has 1 aliphatic heterocycles. The summed E-state index contributed by atoms with van der Waals surface area (Å²) in [6.07, 6.45) is 1.72. The fraction of sp³-hybridized carbons (Fsp3) is 0.444. The molecule has 24 heavy (non-hydrogen) atoms. The number of nitrogens with zero attached hydrogens (tertiary/aromatic N) is 4. The summed E-state index contributed by atoms with van der Waals surface area (Å²) in [6, 6.07) is 10.2. The molecule has 1 fully saturated rings. The van der Waals surface area contributed by atoms with Crippen LogP contribution in [-0.4, -0.2) is 38.3 Å². The number of hydrogen-bond acceptors (Lipinski definition) is 6. The van der Waals surface area contributed by atoms with Gasteiger partial charge in [0.15, 0.2) is 5.89 Å². The molecular formula is C18H22N4O2. The standard InChI is InChI=1S/C18H22N4O2/c1-3-4-17-20-16(13-19)18(24-17)22-11-9-21(10-12-22)14-5-7-15(23-2)8-6-14/h5-8H,3-4,9-12H2,1-2H3. The zero-order valence-electron chi connectivity index (χ0n) is 14.2. The molecule has 1 saturated heterocycles. The Morgan fingerprint density at radius 3 is 2.42 bits per heavy atom. The molecule has 6 heteroatoms. The third-order valence-corrected chi connectivity index (χ3v) is 4.23. The Balaban J connectivity index is 1.67. The maximum absolute atomic E-state index is 9.29. The van der Waals surface area contributed by atoms with E-state index in [-0.39, 0.29) is 0 Å². The molecule has 6 nitrogen and oxygen atoms in total. The lowest BCUT2D eigenvalue weighted by molar-refractivity contribution is 0.415. The van der Waals surface area contributed by atoms with Crippen LogP contribution >= 0.6 is 0 Å². The number of rotatable bonds is 5. The quantitative estimate of drug-likeness (QED) is 0.842. The Bertz CT molecular complexity index is 710. The van der Waals surface area contributed by atoms with Crippen molar-refractivity contribution >= 4 is 11.6 Å². The van der Waals surface area contributed by atoms with Gasteiger partial charge in [-0.2, -0.15) is 5.26 Å². The Morgan fingerprint density at radius 1 is 1.17 bits per heavy atom. The summed E-state index contributed by atoms with van der Waals surface area (Å²) in [6.45, 7) is 5.44. The van der Waals surface area contributed by atoms with E-state index in [4.69, 9.17) is 9.15 Å². The normalized spacial score (nSPS) is 14.5. The number of anilines is 2. The largest absolute Gasteiger partial charge is 0.497 e. The Kier molecular flexibility index (Phi) is 4.90. The molecular weight excluding hydrogens is 304 g/mol. The molecule has 0 spiro atoms. The van der Waals surface area contributed by atoms with Gasteiger partial charge in [-0.1, -0.05) is 6.92 Å². The van der Waals surface area contributed by atoms with Gasteiger partial charge < -0.3 is 19.0 Å². The van der Waals surface area contributed by atoms with E-state index in [1.807, 2.05) is 12.1 Å². The molecule has 126 valence electrons. The van der Waals surface area contributed by atoms with Gasteiger partial charge in [0.25, 0.3) is 0 Å². The molecule has 0 atom stereocenters. The molecule has 0 bridgehead atoms. The number of piperazine rings is 1. The maximum atomic E-state index is 9.29. The zero-order valence-corrected chi connectivity index (χ0v) is 14.2. The van der Waals surface area contributed by atoms with Crippen molar-refractivity contribution in [2.75, 3.05) is 43.1 Å². The van der Waals surface area contributed by atoms with Crippen molar-refractivity contribution in [2.24, 2.45) is 0 Å². The molecule has 0 N–H and O–H groups in total. The van der Waals surface area contributed by atoms with Gasteiger partial charge in [0.1, 0.15) is 11.8 Å². The topological polar surface area (TPSA) is 65.5 Å². The van der Waals surface area contributed by atoms with Crippen LogP contribution in [0.5, 0.6) is 5.75 Å². The first-order valence-corrected chi connectivity index (χ1v) is 8.29. The minimum Gasteiger partial charge on any atom is -0.497 e. The minimum atomic E-state index is 0.399. The summed E-state index contributed by atoms with van der Waals surface area (Å²) < 4.78 is 11.0. The number of aryl methyl sites for hydroxylation is 1. The van der Waals surface area contributed by atoms with Crippen LogP contribution in [-0.2, 0) is 6.42 Å². The Labute approximate surface area is 142 Å². The second-order valence-electron chi connectivity index (χ2n) is 5.80. The highest BCUT2D eigenvalue weighted by molar-refractivity contribution is 5.53. The molecule has 2 heterocycles. The van der Waals surface area contributed by atoms with Crippen molar-refractivity contribution in [1.82, 2.24) is 4.98 Å². The van der Waals surface area contributed by atoms with Crippen LogP contribution in [0.3, 0.4) is 0 Å². The van der Waals surface area contributed by atoms with E-state index in [1.54, 1.807) is 7.11 Å². The van der Waals surface area contributed by atoms with E-state index in [0.29, 0.717) is 17.5 Å². The van der Waals surface area contributed by atoms with Crippen LogP contribution < -0.4 is 14.5 Å². The second kappa shape index (κ2) is 7.26. The highest BCUT2D eigenvalue weighted by Crippen LogP contribution is 2.26. The summed E-state index contributed by atoms with van der Waals surface area (Å²) in [5.41, 5.74) is 1.58. The molecule has 0 radical (unpaired) electrons. The summed E-state index contributed by atoms with van der Waals surface area (Å²) >= 11 is 0. The van der Waals surface area contributed by atoms with E-state index in [9.17, 15) is 5.26 Å². The molecule has 3 rings (SSSR count). The van der Waals surface area contributed by atoms with Crippen LogP contribution in [0.25, 0.3) is 0 Å². The lowest BCUT2D eigenvalue weighted by Crippen LogP contribution is -2.46. The number of aromatic nitrogens is 1. The summed E-state index contributed by atoms with van der Waals surface area (Å²) in [7, 11) is 1.67. The Hall–Kier alpha value is -2.68. The highest BCUT2D eigenvalue weighted by atomic mass is 16.5. The first-order chi connectivity index (χ1) is 11.7. The van der Waals surface area contributed by atoms with E-state index in [0.717, 1.165) is 44.8 Å². The van der Waals surface area contributed by atoms with Gasteiger partial charge >= 0.3 is 0 Å². The average molecular weight is 326 g/mol. The van der Waals surface area contributed by atoms with Crippen molar-refractivity contribution in [2.45, 2.75) is 19.8 Å². The third-order valence-electron chi connectivity index (χ3n) is 4.23. The molecule has 0 saturated carbocycles.